The summed E-state index contributed by atoms with van der Waals surface area (Å²) in [6.07, 6.45) is 9.59. The van der Waals surface area contributed by atoms with E-state index in [2.05, 4.69) is 24.3 Å². The van der Waals surface area contributed by atoms with E-state index >= 15 is 0 Å². The summed E-state index contributed by atoms with van der Waals surface area (Å²) >= 11 is 5.98. The maximum absolute atomic E-state index is 12.7. The summed E-state index contributed by atoms with van der Waals surface area (Å²) in [5.41, 5.74) is 6.96. The molecule has 0 saturated carbocycles. The van der Waals surface area contributed by atoms with E-state index in [0.717, 1.165) is 44.0 Å². The topological polar surface area (TPSA) is 17.1 Å². The number of benzene rings is 3. The molecule has 1 aliphatic rings. The average molecular weight is 383 g/mol. The third kappa shape index (κ3) is 3.49. The lowest BCUT2D eigenvalue weighted by molar-refractivity contribution is 0.105. The molecule has 28 heavy (non-hydrogen) atoms. The largest absolute Gasteiger partial charge is 0.289 e. The molecule has 0 heterocycles. The number of carbonyl (C=O) groups excluding carboxylic acids is 1. The zero-order chi connectivity index (χ0) is 19.5. The van der Waals surface area contributed by atoms with Crippen LogP contribution in [0.4, 0.5) is 0 Å². The molecule has 2 heteroatoms. The van der Waals surface area contributed by atoms with Gasteiger partial charge in [-0.15, -0.1) is 0 Å². The van der Waals surface area contributed by atoms with Crippen molar-refractivity contribution < 1.29 is 4.79 Å². The number of allylic oxidation sites excluding steroid dienone is 6. The number of fused-ring (bicyclic) bond motifs is 1. The Morgan fingerprint density at radius 3 is 2.04 bits per heavy atom. The number of carbonyl (C=O) groups is 1. The van der Waals surface area contributed by atoms with Gasteiger partial charge in [-0.1, -0.05) is 90.5 Å². The Hall–Kier alpha value is -3.16. The van der Waals surface area contributed by atoms with Crippen LogP contribution in [0.1, 0.15) is 22.8 Å². The minimum Gasteiger partial charge on any atom is -0.289 e. The molecule has 0 bridgehead atoms. The van der Waals surface area contributed by atoms with E-state index in [1.165, 1.54) is 0 Å². The summed E-state index contributed by atoms with van der Waals surface area (Å²) in [6.45, 7) is 1.97. The van der Waals surface area contributed by atoms with E-state index in [1.54, 1.807) is 6.08 Å². The van der Waals surface area contributed by atoms with Crippen LogP contribution in [0.2, 0.25) is 5.02 Å². The highest BCUT2D eigenvalue weighted by Gasteiger charge is 2.23. The van der Waals surface area contributed by atoms with Gasteiger partial charge in [0.05, 0.1) is 0 Å². The Labute approximate surface area is 170 Å². The molecule has 0 aromatic heterocycles. The van der Waals surface area contributed by atoms with Gasteiger partial charge in [-0.2, -0.15) is 0 Å². The number of ketones is 1. The van der Waals surface area contributed by atoms with Crippen molar-refractivity contribution in [3.63, 3.8) is 0 Å². The molecule has 3 aromatic carbocycles. The number of hydrogen-bond donors (Lipinski definition) is 0. The fourth-order valence-corrected chi connectivity index (χ4v) is 3.61. The molecule has 0 radical (unpaired) electrons. The van der Waals surface area contributed by atoms with Gasteiger partial charge in [-0.3, -0.25) is 4.79 Å². The summed E-state index contributed by atoms with van der Waals surface area (Å²) in [7, 11) is 0. The van der Waals surface area contributed by atoms with Crippen LogP contribution in [0.3, 0.4) is 0 Å². The minimum atomic E-state index is 0.0625. The number of hydrogen-bond acceptors (Lipinski definition) is 1. The van der Waals surface area contributed by atoms with Crippen molar-refractivity contribution in [2.45, 2.75) is 6.92 Å². The first-order valence-electron chi connectivity index (χ1n) is 9.22. The van der Waals surface area contributed by atoms with Gasteiger partial charge < -0.3 is 0 Å². The second-order valence-corrected chi connectivity index (χ2v) is 7.10. The molecule has 4 rings (SSSR count). The number of rotatable bonds is 4. The van der Waals surface area contributed by atoms with Gasteiger partial charge in [0, 0.05) is 10.6 Å². The lowest BCUT2D eigenvalue weighted by Gasteiger charge is -2.10. The van der Waals surface area contributed by atoms with Crippen molar-refractivity contribution in [2.24, 2.45) is 0 Å². The highest BCUT2D eigenvalue weighted by atomic mass is 35.5. The SMILES string of the molecule is C/C=C\C=C/C1=CC(=O)c2c1cccc2-c1ccc(-c2ccc(Cl)cc2)cc1. The molecule has 136 valence electrons. The molecule has 0 N–H and O–H groups in total. The Balaban J connectivity index is 1.70. The third-order valence-corrected chi connectivity index (χ3v) is 5.11. The predicted octanol–water partition coefficient (Wildman–Crippen LogP) is 7.39. The smallest absolute Gasteiger partial charge is 0.187 e. The molecular formula is C26H19ClO. The van der Waals surface area contributed by atoms with Crippen LogP contribution in [0.25, 0.3) is 27.8 Å². The summed E-state index contributed by atoms with van der Waals surface area (Å²) < 4.78 is 0. The molecule has 0 spiro atoms. The average Bonchev–Trinajstić information content (AvgIpc) is 3.05. The Bertz CT molecular complexity index is 1110. The van der Waals surface area contributed by atoms with Crippen LogP contribution in [-0.2, 0) is 0 Å². The summed E-state index contributed by atoms with van der Waals surface area (Å²) in [5.74, 6) is 0.0625. The van der Waals surface area contributed by atoms with Crippen LogP contribution >= 0.6 is 11.6 Å². The molecule has 1 aliphatic carbocycles. The first kappa shape index (κ1) is 18.2. The van der Waals surface area contributed by atoms with Crippen molar-refractivity contribution >= 4 is 23.0 Å². The molecule has 0 amide bonds. The lowest BCUT2D eigenvalue weighted by atomic mass is 9.93. The summed E-state index contributed by atoms with van der Waals surface area (Å²) in [4.78, 5) is 12.7. The van der Waals surface area contributed by atoms with Gasteiger partial charge in [-0.25, -0.2) is 0 Å². The predicted molar refractivity (Wildman–Crippen MR) is 119 cm³/mol. The van der Waals surface area contributed by atoms with E-state index in [1.807, 2.05) is 73.7 Å². The second kappa shape index (κ2) is 7.84. The van der Waals surface area contributed by atoms with E-state index in [4.69, 9.17) is 11.6 Å². The van der Waals surface area contributed by atoms with Crippen molar-refractivity contribution in [3.05, 3.63) is 113 Å². The lowest BCUT2D eigenvalue weighted by Crippen LogP contribution is -1.96. The van der Waals surface area contributed by atoms with Gasteiger partial charge in [0.1, 0.15) is 0 Å². The molecule has 0 saturated heterocycles. The van der Waals surface area contributed by atoms with Gasteiger partial charge in [0.15, 0.2) is 5.78 Å². The van der Waals surface area contributed by atoms with Gasteiger partial charge in [0.2, 0.25) is 0 Å². The van der Waals surface area contributed by atoms with Crippen molar-refractivity contribution in [1.82, 2.24) is 0 Å². The third-order valence-electron chi connectivity index (χ3n) is 4.86. The quantitative estimate of drug-likeness (QED) is 0.430. The normalized spacial score (nSPS) is 13.4. The van der Waals surface area contributed by atoms with Crippen LogP contribution in [0, 0.1) is 0 Å². The first-order chi connectivity index (χ1) is 13.7. The van der Waals surface area contributed by atoms with Crippen molar-refractivity contribution in [2.75, 3.05) is 0 Å². The van der Waals surface area contributed by atoms with E-state index < -0.39 is 0 Å². The maximum Gasteiger partial charge on any atom is 0.187 e. The zero-order valence-electron chi connectivity index (χ0n) is 15.5. The van der Waals surface area contributed by atoms with Crippen LogP contribution in [-0.4, -0.2) is 5.78 Å². The Morgan fingerprint density at radius 1 is 0.750 bits per heavy atom. The highest BCUT2D eigenvalue weighted by Crippen LogP contribution is 2.36. The minimum absolute atomic E-state index is 0.0625. The number of halogens is 1. The first-order valence-corrected chi connectivity index (χ1v) is 9.60. The maximum atomic E-state index is 12.7. The van der Waals surface area contributed by atoms with Crippen LogP contribution < -0.4 is 0 Å². The van der Waals surface area contributed by atoms with Gasteiger partial charge in [-0.05, 0) is 58.5 Å². The monoisotopic (exact) mass is 382 g/mol. The molecule has 0 atom stereocenters. The zero-order valence-corrected chi connectivity index (χ0v) is 16.3. The van der Waals surface area contributed by atoms with Crippen molar-refractivity contribution in [3.8, 4) is 22.3 Å². The fraction of sp³-hybridized carbons (Fsp3) is 0.0385. The highest BCUT2D eigenvalue weighted by molar-refractivity contribution is 6.30. The summed E-state index contributed by atoms with van der Waals surface area (Å²) in [6, 6.07) is 22.1. The Kier molecular flexibility index (Phi) is 5.10. The second-order valence-electron chi connectivity index (χ2n) is 6.66. The molecule has 0 unspecified atom stereocenters. The molecule has 1 nitrogen and oxygen atoms in total. The van der Waals surface area contributed by atoms with E-state index in [0.29, 0.717) is 0 Å². The molecular weight excluding hydrogens is 364 g/mol. The summed E-state index contributed by atoms with van der Waals surface area (Å²) in [5, 5.41) is 0.727. The Morgan fingerprint density at radius 2 is 1.36 bits per heavy atom. The molecule has 0 aliphatic heterocycles. The van der Waals surface area contributed by atoms with Crippen LogP contribution in [0.15, 0.2) is 97.1 Å². The standard InChI is InChI=1S/C26H19ClO/c1-2-3-4-6-21-17-25(28)26-23(7-5-8-24(21)26)20-11-9-18(10-12-20)19-13-15-22(27)16-14-19/h2-17H,1H3/b3-2-,6-4-. The van der Waals surface area contributed by atoms with E-state index in [-0.39, 0.29) is 5.78 Å². The van der Waals surface area contributed by atoms with Crippen molar-refractivity contribution in [1.29, 1.82) is 0 Å². The molecule has 0 fully saturated rings. The van der Waals surface area contributed by atoms with Gasteiger partial charge in [0.25, 0.3) is 0 Å². The van der Waals surface area contributed by atoms with Crippen LogP contribution in [0.5, 0.6) is 0 Å². The van der Waals surface area contributed by atoms with E-state index in [9.17, 15) is 4.79 Å². The van der Waals surface area contributed by atoms with Gasteiger partial charge >= 0.3 is 0 Å². The molecule has 3 aromatic rings. The fourth-order valence-electron chi connectivity index (χ4n) is 3.48.